The summed E-state index contributed by atoms with van der Waals surface area (Å²) in [5.74, 6) is 0.506. The summed E-state index contributed by atoms with van der Waals surface area (Å²) in [6.45, 7) is -0.544. The first kappa shape index (κ1) is 18.6. The molecule has 0 bridgehead atoms. The van der Waals surface area contributed by atoms with Gasteiger partial charge in [-0.05, 0) is 48.4 Å². The van der Waals surface area contributed by atoms with Gasteiger partial charge in [0.05, 0.1) is 17.8 Å². The molecule has 1 aromatic heterocycles. The highest BCUT2D eigenvalue weighted by atomic mass is 19.3. The number of nitrogens with zero attached hydrogens (tertiary/aromatic N) is 3. The normalized spacial score (nSPS) is 13.0. The van der Waals surface area contributed by atoms with Gasteiger partial charge < -0.3 is 15.1 Å². The maximum absolute atomic E-state index is 12.4. The number of carbonyl (C=O) groups is 1. The Hall–Kier alpha value is -3.80. The Labute approximate surface area is 164 Å². The van der Waals surface area contributed by atoms with Crippen molar-refractivity contribution in [3.05, 3.63) is 47.5 Å². The van der Waals surface area contributed by atoms with Crippen molar-refractivity contribution in [2.45, 2.75) is 19.3 Å². The molecule has 2 heterocycles. The average Bonchev–Trinajstić information content (AvgIpc) is 3.22. The number of rotatable bonds is 5. The number of aromatic nitrogens is 2. The van der Waals surface area contributed by atoms with Gasteiger partial charge >= 0.3 is 0 Å². The number of aryl methyl sites for hydroxylation is 1. The summed E-state index contributed by atoms with van der Waals surface area (Å²) in [5, 5.41) is 22.7. The molecule has 0 saturated carbocycles. The van der Waals surface area contributed by atoms with Crippen molar-refractivity contribution in [2.24, 2.45) is 0 Å². The van der Waals surface area contributed by atoms with Crippen LogP contribution in [0.3, 0.4) is 0 Å². The van der Waals surface area contributed by atoms with E-state index >= 15 is 0 Å². The third kappa shape index (κ3) is 3.91. The summed E-state index contributed by atoms with van der Waals surface area (Å²) < 4.78 is 30.5. The minimum atomic E-state index is -2.52. The van der Waals surface area contributed by atoms with Crippen LogP contribution in [-0.4, -0.2) is 29.1 Å². The van der Waals surface area contributed by atoms with Gasteiger partial charge in [-0.2, -0.15) is 5.26 Å². The summed E-state index contributed by atoms with van der Waals surface area (Å²) in [4.78, 5) is 11.5. The maximum Gasteiger partial charge on any atom is 0.255 e. The lowest BCUT2D eigenvalue weighted by molar-refractivity contribution is -0.116. The SMILES string of the molecule is N#Cc1cc(-c2nnc(-c3ccc4c(c3)CCC(=O)N4)o2)ccc1NCC(F)F. The van der Waals surface area contributed by atoms with Gasteiger partial charge in [-0.1, -0.05) is 0 Å². The number of halogens is 2. The molecule has 0 fully saturated rings. The van der Waals surface area contributed by atoms with Crippen LogP contribution in [0.5, 0.6) is 0 Å². The molecule has 0 unspecified atom stereocenters. The van der Waals surface area contributed by atoms with Gasteiger partial charge in [0.15, 0.2) is 0 Å². The number of carbonyl (C=O) groups excluding carboxylic acids is 1. The van der Waals surface area contributed by atoms with Crippen LogP contribution in [0.25, 0.3) is 22.9 Å². The van der Waals surface area contributed by atoms with Crippen molar-refractivity contribution >= 4 is 17.3 Å². The number of anilines is 2. The lowest BCUT2D eigenvalue weighted by Crippen LogP contribution is -2.18. The molecule has 0 saturated heterocycles. The second-order valence-electron chi connectivity index (χ2n) is 6.48. The molecule has 4 rings (SSSR count). The highest BCUT2D eigenvalue weighted by Crippen LogP contribution is 2.30. The molecule has 0 spiro atoms. The quantitative estimate of drug-likeness (QED) is 0.680. The van der Waals surface area contributed by atoms with Gasteiger partial charge in [0.25, 0.3) is 6.43 Å². The fourth-order valence-corrected chi connectivity index (χ4v) is 3.08. The topological polar surface area (TPSA) is 104 Å². The number of nitriles is 1. The second kappa shape index (κ2) is 7.67. The van der Waals surface area contributed by atoms with Crippen LogP contribution < -0.4 is 10.6 Å². The van der Waals surface area contributed by atoms with E-state index in [9.17, 15) is 18.8 Å². The summed E-state index contributed by atoms with van der Waals surface area (Å²) in [5.41, 5.74) is 3.50. The molecule has 2 N–H and O–H groups in total. The van der Waals surface area contributed by atoms with E-state index in [-0.39, 0.29) is 17.4 Å². The largest absolute Gasteiger partial charge is 0.416 e. The van der Waals surface area contributed by atoms with E-state index < -0.39 is 13.0 Å². The van der Waals surface area contributed by atoms with E-state index in [1.54, 1.807) is 18.2 Å². The van der Waals surface area contributed by atoms with Crippen LogP contribution in [0.15, 0.2) is 40.8 Å². The van der Waals surface area contributed by atoms with Crippen molar-refractivity contribution in [2.75, 3.05) is 17.2 Å². The Balaban J connectivity index is 1.59. The third-order valence-corrected chi connectivity index (χ3v) is 4.51. The van der Waals surface area contributed by atoms with Crippen LogP contribution in [0.4, 0.5) is 20.2 Å². The maximum atomic E-state index is 12.4. The zero-order valence-electron chi connectivity index (χ0n) is 15.1. The van der Waals surface area contributed by atoms with E-state index in [0.717, 1.165) is 16.8 Å². The minimum Gasteiger partial charge on any atom is -0.416 e. The van der Waals surface area contributed by atoms with Crippen LogP contribution >= 0.6 is 0 Å². The average molecular weight is 395 g/mol. The van der Waals surface area contributed by atoms with Gasteiger partial charge in [0.1, 0.15) is 6.07 Å². The molecule has 146 valence electrons. The third-order valence-electron chi connectivity index (χ3n) is 4.51. The van der Waals surface area contributed by atoms with E-state index in [1.807, 2.05) is 12.1 Å². The number of fused-ring (bicyclic) bond motifs is 1. The van der Waals surface area contributed by atoms with Gasteiger partial charge in [0.2, 0.25) is 17.7 Å². The molecule has 1 aliphatic rings. The summed E-state index contributed by atoms with van der Waals surface area (Å²) in [6, 6.07) is 12.1. The van der Waals surface area contributed by atoms with Gasteiger partial charge in [0, 0.05) is 23.2 Å². The molecule has 3 aromatic rings. The fraction of sp³-hybridized carbons (Fsp3) is 0.200. The zero-order valence-corrected chi connectivity index (χ0v) is 15.1. The van der Waals surface area contributed by atoms with Gasteiger partial charge in [-0.15, -0.1) is 10.2 Å². The number of amides is 1. The summed E-state index contributed by atoms with van der Waals surface area (Å²) in [6.07, 6.45) is -1.46. The Morgan fingerprint density at radius 1 is 1.14 bits per heavy atom. The van der Waals surface area contributed by atoms with Crippen LogP contribution in [0.2, 0.25) is 0 Å². The monoisotopic (exact) mass is 395 g/mol. The zero-order chi connectivity index (χ0) is 20.4. The fourth-order valence-electron chi connectivity index (χ4n) is 3.08. The first-order valence-corrected chi connectivity index (χ1v) is 8.86. The Bertz CT molecular complexity index is 1120. The van der Waals surface area contributed by atoms with E-state index in [4.69, 9.17) is 4.42 Å². The van der Waals surface area contributed by atoms with Gasteiger partial charge in [-0.25, -0.2) is 8.78 Å². The van der Waals surface area contributed by atoms with E-state index in [2.05, 4.69) is 20.8 Å². The van der Waals surface area contributed by atoms with Crippen LogP contribution in [-0.2, 0) is 11.2 Å². The minimum absolute atomic E-state index is 0.00916. The second-order valence-corrected chi connectivity index (χ2v) is 6.48. The molecule has 1 aliphatic heterocycles. The molecular weight excluding hydrogens is 380 g/mol. The molecule has 1 amide bonds. The molecule has 0 atom stereocenters. The first-order valence-electron chi connectivity index (χ1n) is 8.86. The number of hydrogen-bond acceptors (Lipinski definition) is 6. The van der Waals surface area contributed by atoms with Crippen molar-refractivity contribution in [1.82, 2.24) is 10.2 Å². The molecule has 9 heteroatoms. The van der Waals surface area contributed by atoms with E-state index in [1.165, 1.54) is 12.1 Å². The predicted octanol–water partition coefficient (Wildman–Crippen LogP) is 3.84. The standard InChI is InChI=1S/C20H15F2N5O2/c21-17(22)10-24-15-4-1-13(8-14(15)9-23)20-27-26-19(29-20)12-2-5-16-11(7-12)3-6-18(28)25-16/h1-2,4-5,7-8,17,24H,3,6,10H2,(H,25,28). The highest BCUT2D eigenvalue weighted by Gasteiger charge is 2.18. The highest BCUT2D eigenvalue weighted by molar-refractivity contribution is 5.94. The number of alkyl halides is 2. The van der Waals surface area contributed by atoms with Crippen molar-refractivity contribution in [1.29, 1.82) is 5.26 Å². The molecule has 0 aliphatic carbocycles. The molecule has 0 radical (unpaired) electrons. The first-order chi connectivity index (χ1) is 14.0. The van der Waals surface area contributed by atoms with Gasteiger partial charge in [-0.3, -0.25) is 4.79 Å². The number of nitrogens with one attached hydrogen (secondary N) is 2. The number of benzene rings is 2. The van der Waals surface area contributed by atoms with Crippen molar-refractivity contribution in [3.63, 3.8) is 0 Å². The summed E-state index contributed by atoms with van der Waals surface area (Å²) >= 11 is 0. The Morgan fingerprint density at radius 3 is 2.59 bits per heavy atom. The van der Waals surface area contributed by atoms with E-state index in [0.29, 0.717) is 30.0 Å². The Kier molecular flexibility index (Phi) is 4.91. The number of hydrogen-bond donors (Lipinski definition) is 2. The van der Waals surface area contributed by atoms with Crippen LogP contribution in [0, 0.1) is 11.3 Å². The smallest absolute Gasteiger partial charge is 0.255 e. The van der Waals surface area contributed by atoms with Crippen molar-refractivity contribution < 1.29 is 18.0 Å². The predicted molar refractivity (Wildman–Crippen MR) is 101 cm³/mol. The summed E-state index contributed by atoms with van der Waals surface area (Å²) in [7, 11) is 0. The molecule has 29 heavy (non-hydrogen) atoms. The van der Waals surface area contributed by atoms with Crippen molar-refractivity contribution in [3.8, 4) is 29.0 Å². The Morgan fingerprint density at radius 2 is 1.86 bits per heavy atom. The molecule has 2 aromatic carbocycles. The lowest BCUT2D eigenvalue weighted by atomic mass is 10.0. The molecule has 7 nitrogen and oxygen atoms in total. The van der Waals surface area contributed by atoms with Crippen LogP contribution in [0.1, 0.15) is 17.5 Å². The lowest BCUT2D eigenvalue weighted by Gasteiger charge is -2.16. The molecular formula is C20H15F2N5O2.